The summed E-state index contributed by atoms with van der Waals surface area (Å²) in [6, 6.07) is 9.43. The standard InChI is InChI=1S/C20H10ClF3N2O2/c21-14-8-10(22)4-5-11(14)13-9-17(27)25-19-12(13)6-7-26(28)20(19)18-15(23)2-1-3-16(18)24/h1-9H,(H,25,27). The van der Waals surface area contributed by atoms with Gasteiger partial charge in [-0.2, -0.15) is 4.73 Å². The molecule has 28 heavy (non-hydrogen) atoms. The van der Waals surface area contributed by atoms with Crippen LogP contribution in [0, 0.1) is 22.7 Å². The van der Waals surface area contributed by atoms with Crippen molar-refractivity contribution in [1.29, 1.82) is 0 Å². The molecule has 0 saturated heterocycles. The van der Waals surface area contributed by atoms with E-state index in [0.29, 0.717) is 16.5 Å². The quantitative estimate of drug-likeness (QED) is 0.394. The third kappa shape index (κ3) is 2.90. The van der Waals surface area contributed by atoms with Crippen LogP contribution in [0.5, 0.6) is 0 Å². The highest BCUT2D eigenvalue weighted by Gasteiger charge is 2.24. The maximum absolute atomic E-state index is 14.3. The summed E-state index contributed by atoms with van der Waals surface area (Å²) in [4.78, 5) is 14.7. The first kappa shape index (κ1) is 18.1. The Hall–Kier alpha value is -3.32. The molecule has 8 heteroatoms. The van der Waals surface area contributed by atoms with Crippen molar-refractivity contribution in [3.8, 4) is 22.4 Å². The topological polar surface area (TPSA) is 59.8 Å². The van der Waals surface area contributed by atoms with Gasteiger partial charge < -0.3 is 10.2 Å². The highest BCUT2D eigenvalue weighted by Crippen LogP contribution is 2.35. The number of hydrogen-bond acceptors (Lipinski definition) is 2. The molecule has 1 N–H and O–H groups in total. The minimum Gasteiger partial charge on any atom is -0.618 e. The zero-order chi connectivity index (χ0) is 20.0. The van der Waals surface area contributed by atoms with Gasteiger partial charge in [-0.25, -0.2) is 13.2 Å². The van der Waals surface area contributed by atoms with Crippen molar-refractivity contribution in [2.75, 3.05) is 0 Å². The summed E-state index contributed by atoms with van der Waals surface area (Å²) in [5.74, 6) is -2.47. The van der Waals surface area contributed by atoms with Crippen LogP contribution in [0.2, 0.25) is 5.02 Å². The summed E-state index contributed by atoms with van der Waals surface area (Å²) >= 11 is 6.12. The van der Waals surface area contributed by atoms with E-state index in [-0.39, 0.29) is 21.0 Å². The summed E-state index contributed by atoms with van der Waals surface area (Å²) < 4.78 is 42.3. The van der Waals surface area contributed by atoms with Crippen LogP contribution >= 0.6 is 11.6 Å². The van der Waals surface area contributed by atoms with Crippen molar-refractivity contribution in [2.24, 2.45) is 0 Å². The molecule has 4 nitrogen and oxygen atoms in total. The number of H-pyrrole nitrogens is 1. The Bertz CT molecular complexity index is 1280. The Morgan fingerprint density at radius 1 is 0.964 bits per heavy atom. The summed E-state index contributed by atoms with van der Waals surface area (Å²) in [6.45, 7) is 0. The van der Waals surface area contributed by atoms with Gasteiger partial charge in [-0.3, -0.25) is 4.79 Å². The van der Waals surface area contributed by atoms with Crippen molar-refractivity contribution in [2.45, 2.75) is 0 Å². The Morgan fingerprint density at radius 3 is 2.36 bits per heavy atom. The third-order valence-corrected chi connectivity index (χ3v) is 4.65. The Morgan fingerprint density at radius 2 is 1.68 bits per heavy atom. The van der Waals surface area contributed by atoms with Gasteiger partial charge in [0, 0.05) is 23.1 Å². The molecule has 0 bridgehead atoms. The smallest absolute Gasteiger partial charge is 0.254 e. The van der Waals surface area contributed by atoms with E-state index in [0.717, 1.165) is 24.4 Å². The summed E-state index contributed by atoms with van der Waals surface area (Å²) in [7, 11) is 0. The van der Waals surface area contributed by atoms with E-state index in [1.807, 2.05) is 0 Å². The molecule has 0 aliphatic rings. The lowest BCUT2D eigenvalue weighted by molar-refractivity contribution is -0.592. The predicted octanol–water partition coefficient (Wildman–Crippen LogP) is 4.57. The average Bonchev–Trinajstić information content (AvgIpc) is 2.62. The van der Waals surface area contributed by atoms with E-state index in [4.69, 9.17) is 11.6 Å². The molecule has 0 amide bonds. The molecule has 0 saturated carbocycles. The van der Waals surface area contributed by atoms with Crippen LogP contribution in [0.1, 0.15) is 0 Å². The van der Waals surface area contributed by atoms with E-state index in [9.17, 15) is 23.2 Å². The molecule has 0 fully saturated rings. The fraction of sp³-hybridized carbons (Fsp3) is 0. The van der Waals surface area contributed by atoms with Crippen molar-refractivity contribution in [3.63, 3.8) is 0 Å². The number of halogens is 4. The Kier molecular flexibility index (Phi) is 4.31. The average molecular weight is 403 g/mol. The summed E-state index contributed by atoms with van der Waals surface area (Å²) in [6.07, 6.45) is 1.07. The van der Waals surface area contributed by atoms with Gasteiger partial charge >= 0.3 is 0 Å². The number of nitrogens with one attached hydrogen (secondary N) is 1. The molecular weight excluding hydrogens is 393 g/mol. The van der Waals surface area contributed by atoms with Gasteiger partial charge in [-0.1, -0.05) is 17.7 Å². The number of rotatable bonds is 2. The van der Waals surface area contributed by atoms with Crippen LogP contribution in [0.25, 0.3) is 33.3 Å². The first-order chi connectivity index (χ1) is 13.4. The van der Waals surface area contributed by atoms with E-state index >= 15 is 0 Å². The zero-order valence-corrected chi connectivity index (χ0v) is 14.7. The maximum Gasteiger partial charge on any atom is 0.254 e. The molecular formula is C20H10ClF3N2O2. The minimum absolute atomic E-state index is 0.0457. The second-order valence-electron chi connectivity index (χ2n) is 6.05. The fourth-order valence-corrected chi connectivity index (χ4v) is 3.42. The number of pyridine rings is 2. The fourth-order valence-electron chi connectivity index (χ4n) is 3.15. The monoisotopic (exact) mass is 402 g/mol. The van der Waals surface area contributed by atoms with Crippen LogP contribution < -0.4 is 10.3 Å². The minimum atomic E-state index is -0.955. The van der Waals surface area contributed by atoms with Crippen molar-refractivity contribution in [1.82, 2.24) is 4.98 Å². The van der Waals surface area contributed by atoms with Gasteiger partial charge in [0.15, 0.2) is 6.20 Å². The molecule has 4 rings (SSSR count). The normalized spacial score (nSPS) is 11.1. The molecule has 2 aromatic carbocycles. The maximum atomic E-state index is 14.3. The molecule has 2 heterocycles. The molecule has 0 atom stereocenters. The van der Waals surface area contributed by atoms with Crippen molar-refractivity contribution >= 4 is 22.5 Å². The zero-order valence-electron chi connectivity index (χ0n) is 14.0. The van der Waals surface area contributed by atoms with E-state index in [1.165, 1.54) is 30.3 Å². The van der Waals surface area contributed by atoms with Gasteiger partial charge in [-0.15, -0.1) is 0 Å². The first-order valence-electron chi connectivity index (χ1n) is 8.06. The lowest BCUT2D eigenvalue weighted by Gasteiger charge is -2.12. The highest BCUT2D eigenvalue weighted by atomic mass is 35.5. The summed E-state index contributed by atoms with van der Waals surface area (Å²) in [5.41, 5.74) is -1.01. The second kappa shape index (κ2) is 6.69. The summed E-state index contributed by atoms with van der Waals surface area (Å²) in [5, 5.41) is 12.8. The highest BCUT2D eigenvalue weighted by molar-refractivity contribution is 6.33. The number of fused-ring (bicyclic) bond motifs is 1. The molecule has 4 aromatic rings. The second-order valence-corrected chi connectivity index (χ2v) is 6.45. The Balaban J connectivity index is 2.14. The van der Waals surface area contributed by atoms with Gasteiger partial charge in [0.25, 0.3) is 5.69 Å². The van der Waals surface area contributed by atoms with Crippen molar-refractivity contribution in [3.05, 3.63) is 92.8 Å². The van der Waals surface area contributed by atoms with Gasteiger partial charge in [0.05, 0.1) is 5.02 Å². The third-order valence-electron chi connectivity index (χ3n) is 4.34. The van der Waals surface area contributed by atoms with Gasteiger partial charge in [0.1, 0.15) is 28.5 Å². The number of aromatic amines is 1. The molecule has 0 radical (unpaired) electrons. The lowest BCUT2D eigenvalue weighted by atomic mass is 9.99. The molecule has 2 aromatic heterocycles. The van der Waals surface area contributed by atoms with Gasteiger partial charge in [-0.05, 0) is 35.9 Å². The number of aromatic nitrogens is 2. The molecule has 0 aliphatic heterocycles. The van der Waals surface area contributed by atoms with Crippen LogP contribution in [-0.4, -0.2) is 4.98 Å². The number of hydrogen-bond donors (Lipinski definition) is 1. The van der Waals surface area contributed by atoms with Crippen LogP contribution in [0.15, 0.2) is 59.5 Å². The number of nitrogens with zero attached hydrogens (tertiary/aromatic N) is 1. The van der Waals surface area contributed by atoms with Crippen LogP contribution in [0.4, 0.5) is 13.2 Å². The molecule has 0 unspecified atom stereocenters. The van der Waals surface area contributed by atoms with Crippen molar-refractivity contribution < 1.29 is 17.9 Å². The lowest BCUT2D eigenvalue weighted by Crippen LogP contribution is -2.30. The molecule has 0 aliphatic carbocycles. The van der Waals surface area contributed by atoms with Crippen LogP contribution in [0.3, 0.4) is 0 Å². The molecule has 140 valence electrons. The Labute approximate surface area is 161 Å². The van der Waals surface area contributed by atoms with E-state index in [1.54, 1.807) is 0 Å². The van der Waals surface area contributed by atoms with E-state index < -0.39 is 28.6 Å². The largest absolute Gasteiger partial charge is 0.618 e. The van der Waals surface area contributed by atoms with Gasteiger partial charge in [0.2, 0.25) is 5.56 Å². The van der Waals surface area contributed by atoms with E-state index in [2.05, 4.69) is 4.98 Å². The molecule has 0 spiro atoms. The van der Waals surface area contributed by atoms with Crippen LogP contribution in [-0.2, 0) is 0 Å². The predicted molar refractivity (Wildman–Crippen MR) is 99.3 cm³/mol. The SMILES string of the molecule is O=c1cc(-c2ccc(F)cc2Cl)c2cc[n+]([O-])c(-c3c(F)cccc3F)c2[nH]1. The number of benzene rings is 2. The first-order valence-corrected chi connectivity index (χ1v) is 8.43.